The van der Waals surface area contributed by atoms with E-state index in [-0.39, 0.29) is 24.7 Å². The number of amides is 4. The SMILES string of the molecule is Bc1ccc([C@]2(CN3Cc4cc(O)ccc4C3=O)NC(=O)NC2=O)cc1. The highest BCUT2D eigenvalue weighted by Crippen LogP contribution is 2.31. The number of nitrogens with zero attached hydrogens (tertiary/aromatic N) is 1. The zero-order valence-electron chi connectivity index (χ0n) is 14.1. The Bertz CT molecular complexity index is 944. The summed E-state index contributed by atoms with van der Waals surface area (Å²) < 4.78 is 0. The Hall–Kier alpha value is -3.29. The molecular weight excluding hydrogens is 333 g/mol. The van der Waals surface area contributed by atoms with E-state index in [4.69, 9.17) is 0 Å². The van der Waals surface area contributed by atoms with E-state index in [1.165, 1.54) is 11.0 Å². The van der Waals surface area contributed by atoms with Gasteiger partial charge in [-0.05, 0) is 29.3 Å². The molecule has 0 unspecified atom stereocenters. The van der Waals surface area contributed by atoms with Crippen LogP contribution in [0.2, 0.25) is 0 Å². The van der Waals surface area contributed by atoms with Crippen LogP contribution in [-0.2, 0) is 16.9 Å². The average Bonchev–Trinajstić information content (AvgIpc) is 3.05. The molecule has 0 radical (unpaired) electrons. The first-order valence-corrected chi connectivity index (χ1v) is 8.21. The molecule has 4 rings (SSSR count). The predicted molar refractivity (Wildman–Crippen MR) is 95.8 cm³/mol. The molecule has 0 aromatic heterocycles. The van der Waals surface area contributed by atoms with Crippen LogP contribution >= 0.6 is 0 Å². The van der Waals surface area contributed by atoms with E-state index in [2.05, 4.69) is 10.6 Å². The van der Waals surface area contributed by atoms with Crippen LogP contribution < -0.4 is 16.1 Å². The van der Waals surface area contributed by atoms with Crippen molar-refractivity contribution in [3.05, 3.63) is 59.2 Å². The second-order valence-electron chi connectivity index (χ2n) is 6.68. The quantitative estimate of drug-likeness (QED) is 0.506. The Morgan fingerprint density at radius 2 is 1.85 bits per heavy atom. The monoisotopic (exact) mass is 349 g/mol. The molecule has 0 saturated carbocycles. The minimum absolute atomic E-state index is 0.00189. The van der Waals surface area contributed by atoms with Crippen LogP contribution in [0.4, 0.5) is 4.79 Å². The molecule has 8 heteroatoms. The Morgan fingerprint density at radius 1 is 1.12 bits per heavy atom. The van der Waals surface area contributed by atoms with Crippen molar-refractivity contribution in [3.8, 4) is 5.75 Å². The second-order valence-corrected chi connectivity index (χ2v) is 6.68. The molecule has 4 amide bonds. The van der Waals surface area contributed by atoms with Crippen molar-refractivity contribution in [1.29, 1.82) is 0 Å². The maximum Gasteiger partial charge on any atom is 0.322 e. The number of nitrogens with one attached hydrogen (secondary N) is 2. The normalized spacial score (nSPS) is 21.5. The lowest BCUT2D eigenvalue weighted by molar-refractivity contribution is -0.124. The lowest BCUT2D eigenvalue weighted by Crippen LogP contribution is -2.52. The predicted octanol–water partition coefficient (Wildman–Crippen LogP) is -0.659. The van der Waals surface area contributed by atoms with Crippen molar-refractivity contribution in [2.24, 2.45) is 0 Å². The fourth-order valence-electron chi connectivity index (χ4n) is 3.52. The van der Waals surface area contributed by atoms with Gasteiger partial charge < -0.3 is 15.3 Å². The Labute approximate surface area is 150 Å². The van der Waals surface area contributed by atoms with Gasteiger partial charge in [-0.15, -0.1) is 0 Å². The highest BCUT2D eigenvalue weighted by atomic mass is 16.3. The number of hydrogen-bond donors (Lipinski definition) is 3. The van der Waals surface area contributed by atoms with Crippen LogP contribution in [0.5, 0.6) is 5.75 Å². The van der Waals surface area contributed by atoms with Crippen molar-refractivity contribution in [2.75, 3.05) is 6.54 Å². The first-order valence-electron chi connectivity index (χ1n) is 8.21. The summed E-state index contributed by atoms with van der Waals surface area (Å²) >= 11 is 0. The second kappa shape index (κ2) is 5.62. The summed E-state index contributed by atoms with van der Waals surface area (Å²) in [4.78, 5) is 38.7. The van der Waals surface area contributed by atoms with Gasteiger partial charge in [0.05, 0.1) is 6.54 Å². The molecule has 2 aromatic carbocycles. The number of phenolic OH excluding ortho intramolecular Hbond substituents is 1. The fourth-order valence-corrected chi connectivity index (χ4v) is 3.52. The number of hydrogen-bond acceptors (Lipinski definition) is 4. The maximum atomic E-state index is 12.7. The molecule has 2 aliphatic heterocycles. The van der Waals surface area contributed by atoms with E-state index in [1.807, 2.05) is 20.0 Å². The topological polar surface area (TPSA) is 98.7 Å². The summed E-state index contributed by atoms with van der Waals surface area (Å²) in [5.74, 6) is -0.642. The van der Waals surface area contributed by atoms with Crippen molar-refractivity contribution in [1.82, 2.24) is 15.5 Å². The summed E-state index contributed by atoms with van der Waals surface area (Å²) in [6.07, 6.45) is 0. The van der Waals surface area contributed by atoms with Gasteiger partial charge in [-0.3, -0.25) is 14.9 Å². The molecule has 0 bridgehead atoms. The van der Waals surface area contributed by atoms with E-state index < -0.39 is 17.5 Å². The van der Waals surface area contributed by atoms with Gasteiger partial charge in [-0.25, -0.2) is 4.79 Å². The molecular formula is C18H16BN3O4. The standard InChI is InChI=1S/C18H16BN3O4/c19-12-3-1-11(2-4-12)18(16(25)20-17(26)21-18)9-22-8-10-7-13(23)5-6-14(10)15(22)24/h1-7,23H,8-9,19H2,(H2,20,21,25,26)/t18-/m0/s1. The van der Waals surface area contributed by atoms with Crippen LogP contribution in [0.1, 0.15) is 21.5 Å². The van der Waals surface area contributed by atoms with Crippen molar-refractivity contribution in [3.63, 3.8) is 0 Å². The lowest BCUT2D eigenvalue weighted by Gasteiger charge is -2.31. The lowest BCUT2D eigenvalue weighted by atomic mass is 9.86. The Morgan fingerprint density at radius 3 is 2.50 bits per heavy atom. The Balaban J connectivity index is 1.71. The minimum Gasteiger partial charge on any atom is -0.508 e. The van der Waals surface area contributed by atoms with Gasteiger partial charge in [0.1, 0.15) is 13.6 Å². The van der Waals surface area contributed by atoms with Gasteiger partial charge in [-0.2, -0.15) is 0 Å². The molecule has 2 heterocycles. The highest BCUT2D eigenvalue weighted by Gasteiger charge is 2.50. The number of phenols is 1. The first-order chi connectivity index (χ1) is 12.4. The molecule has 2 aromatic rings. The van der Waals surface area contributed by atoms with Crippen molar-refractivity contribution >= 4 is 31.2 Å². The van der Waals surface area contributed by atoms with Crippen LogP contribution in [0, 0.1) is 0 Å². The third-order valence-electron chi connectivity index (χ3n) is 4.88. The number of aromatic hydroxyl groups is 1. The van der Waals surface area contributed by atoms with Gasteiger partial charge >= 0.3 is 6.03 Å². The molecule has 7 nitrogen and oxygen atoms in total. The fraction of sp³-hybridized carbons (Fsp3) is 0.167. The molecule has 2 aliphatic rings. The van der Waals surface area contributed by atoms with Crippen molar-refractivity contribution in [2.45, 2.75) is 12.1 Å². The van der Waals surface area contributed by atoms with Gasteiger partial charge in [0.2, 0.25) is 0 Å². The third kappa shape index (κ3) is 2.42. The molecule has 1 fully saturated rings. The van der Waals surface area contributed by atoms with Crippen LogP contribution in [-0.4, -0.2) is 42.2 Å². The smallest absolute Gasteiger partial charge is 0.322 e. The number of carbonyl (C=O) groups excluding carboxylic acids is 3. The van der Waals surface area contributed by atoms with Gasteiger partial charge in [0, 0.05) is 12.1 Å². The zero-order valence-corrected chi connectivity index (χ0v) is 14.1. The zero-order chi connectivity index (χ0) is 18.5. The minimum atomic E-state index is -1.34. The number of fused-ring (bicyclic) bond motifs is 1. The van der Waals surface area contributed by atoms with E-state index in [9.17, 15) is 19.5 Å². The van der Waals surface area contributed by atoms with E-state index >= 15 is 0 Å². The summed E-state index contributed by atoms with van der Waals surface area (Å²) in [6.45, 7) is 0.265. The van der Waals surface area contributed by atoms with Crippen LogP contribution in [0.15, 0.2) is 42.5 Å². The van der Waals surface area contributed by atoms with Gasteiger partial charge in [0.15, 0.2) is 5.54 Å². The van der Waals surface area contributed by atoms with Crippen molar-refractivity contribution < 1.29 is 19.5 Å². The summed E-state index contributed by atoms with van der Waals surface area (Å²) in [7, 11) is 1.93. The Kier molecular flexibility index (Phi) is 3.50. The molecule has 1 saturated heterocycles. The van der Waals surface area contributed by atoms with E-state index in [0.717, 1.165) is 5.46 Å². The third-order valence-corrected chi connectivity index (χ3v) is 4.88. The van der Waals surface area contributed by atoms with Gasteiger partial charge in [0.25, 0.3) is 11.8 Å². The molecule has 130 valence electrons. The number of carbonyl (C=O) groups is 3. The number of imide groups is 1. The number of benzene rings is 2. The maximum absolute atomic E-state index is 12.7. The van der Waals surface area contributed by atoms with Crippen LogP contribution in [0.25, 0.3) is 0 Å². The molecule has 1 atom stereocenters. The van der Waals surface area contributed by atoms with Crippen LogP contribution in [0.3, 0.4) is 0 Å². The molecule has 26 heavy (non-hydrogen) atoms. The summed E-state index contributed by atoms with van der Waals surface area (Å²) in [5.41, 5.74) is 1.47. The number of rotatable bonds is 3. The van der Waals surface area contributed by atoms with E-state index in [1.54, 1.807) is 24.3 Å². The summed E-state index contributed by atoms with van der Waals surface area (Å²) in [5, 5.41) is 14.6. The van der Waals surface area contributed by atoms with E-state index in [0.29, 0.717) is 16.7 Å². The average molecular weight is 349 g/mol. The van der Waals surface area contributed by atoms with Gasteiger partial charge in [-0.1, -0.05) is 29.7 Å². The molecule has 0 spiro atoms. The first kappa shape index (κ1) is 16.2. The summed E-state index contributed by atoms with van der Waals surface area (Å²) in [6, 6.07) is 11.2. The molecule has 3 N–H and O–H groups in total. The number of urea groups is 1. The largest absolute Gasteiger partial charge is 0.508 e. The highest BCUT2D eigenvalue weighted by molar-refractivity contribution is 6.32. The molecule has 0 aliphatic carbocycles.